The minimum atomic E-state index is -0.339. The number of H-pyrrole nitrogens is 2. The Bertz CT molecular complexity index is 658. The molecule has 106 valence electrons. The molecule has 2 rings (SSSR count). The number of carbonyl (C=O) groups is 1. The second-order valence-electron chi connectivity index (χ2n) is 4.77. The van der Waals surface area contributed by atoms with Crippen molar-refractivity contribution in [1.29, 1.82) is 0 Å². The van der Waals surface area contributed by atoms with E-state index in [9.17, 15) is 9.59 Å². The van der Waals surface area contributed by atoms with Gasteiger partial charge in [0.1, 0.15) is 5.56 Å². The molecule has 0 aliphatic carbocycles. The summed E-state index contributed by atoms with van der Waals surface area (Å²) >= 11 is 0. The van der Waals surface area contributed by atoms with Gasteiger partial charge in [-0.1, -0.05) is 6.92 Å². The summed E-state index contributed by atoms with van der Waals surface area (Å²) in [5.74, 6) is -0.299. The van der Waals surface area contributed by atoms with Crippen LogP contribution in [0.4, 0.5) is 0 Å². The van der Waals surface area contributed by atoms with Crippen LogP contribution < -0.4 is 5.56 Å². The third-order valence-electron chi connectivity index (χ3n) is 3.24. The number of aromatic amines is 2. The first kappa shape index (κ1) is 14.0. The van der Waals surface area contributed by atoms with Gasteiger partial charge in [-0.25, -0.2) is 4.98 Å². The summed E-state index contributed by atoms with van der Waals surface area (Å²) in [6, 6.07) is 1.66. The van der Waals surface area contributed by atoms with Crippen molar-refractivity contribution in [3.05, 3.63) is 51.5 Å². The Morgan fingerprint density at radius 2 is 2.20 bits per heavy atom. The van der Waals surface area contributed by atoms with Crippen molar-refractivity contribution >= 4 is 5.91 Å². The van der Waals surface area contributed by atoms with Crippen molar-refractivity contribution in [3.63, 3.8) is 0 Å². The number of aryl methyl sites for hydroxylation is 2. The second kappa shape index (κ2) is 5.73. The first-order valence-electron chi connectivity index (χ1n) is 6.48. The fourth-order valence-electron chi connectivity index (χ4n) is 2.10. The number of nitrogens with zero attached hydrogens (tertiary/aromatic N) is 2. The lowest BCUT2D eigenvalue weighted by Crippen LogP contribution is -2.32. The van der Waals surface area contributed by atoms with Crippen molar-refractivity contribution in [2.24, 2.45) is 0 Å². The van der Waals surface area contributed by atoms with Crippen molar-refractivity contribution < 1.29 is 4.79 Å². The minimum absolute atomic E-state index is 0.168. The number of rotatable bonds is 4. The van der Waals surface area contributed by atoms with E-state index in [2.05, 4.69) is 15.0 Å². The highest BCUT2D eigenvalue weighted by Gasteiger charge is 2.17. The predicted octanol–water partition coefficient (Wildman–Crippen LogP) is 1.24. The third kappa shape index (κ3) is 2.79. The van der Waals surface area contributed by atoms with Crippen LogP contribution in [0.2, 0.25) is 0 Å². The van der Waals surface area contributed by atoms with Gasteiger partial charge in [-0.2, -0.15) is 0 Å². The topological polar surface area (TPSA) is 81.8 Å². The highest BCUT2D eigenvalue weighted by Crippen LogP contribution is 2.08. The number of imidazole rings is 1. The Labute approximate surface area is 116 Å². The van der Waals surface area contributed by atoms with Crippen LogP contribution in [0.15, 0.2) is 23.4 Å². The molecule has 2 N–H and O–H groups in total. The summed E-state index contributed by atoms with van der Waals surface area (Å²) in [6.07, 6.45) is 3.94. The lowest BCUT2D eigenvalue weighted by atomic mass is 10.1. The molecule has 0 saturated heterocycles. The number of carbonyl (C=O) groups excluding carboxylic acids is 1. The van der Waals surface area contributed by atoms with Crippen LogP contribution in [-0.2, 0) is 13.0 Å². The molecule has 6 nitrogen and oxygen atoms in total. The Hall–Kier alpha value is -2.37. The van der Waals surface area contributed by atoms with Crippen molar-refractivity contribution in [2.75, 3.05) is 7.05 Å². The molecule has 0 spiro atoms. The maximum atomic E-state index is 12.3. The van der Waals surface area contributed by atoms with Gasteiger partial charge in [0.2, 0.25) is 0 Å². The van der Waals surface area contributed by atoms with Gasteiger partial charge in [0.05, 0.1) is 18.6 Å². The fraction of sp³-hybridized carbons (Fsp3) is 0.357. The Morgan fingerprint density at radius 3 is 2.80 bits per heavy atom. The zero-order valence-electron chi connectivity index (χ0n) is 11.9. The van der Waals surface area contributed by atoms with E-state index in [0.29, 0.717) is 6.54 Å². The average Bonchev–Trinajstić information content (AvgIpc) is 2.92. The molecule has 0 radical (unpaired) electrons. The minimum Gasteiger partial charge on any atom is -0.347 e. The summed E-state index contributed by atoms with van der Waals surface area (Å²) in [4.78, 5) is 35.4. The molecule has 2 aromatic rings. The molecule has 0 atom stereocenters. The molecule has 2 heterocycles. The van der Waals surface area contributed by atoms with Gasteiger partial charge in [0.25, 0.3) is 11.5 Å². The Morgan fingerprint density at radius 1 is 1.45 bits per heavy atom. The standard InChI is InChI=1S/C14H18N4O2/c1-4-12-9(2)5-11(13(19)17-12)14(20)18(3)7-10-6-15-8-16-10/h5-6,8H,4,7H2,1-3H3,(H,15,16)(H,17,19). The van der Waals surface area contributed by atoms with Gasteiger partial charge in [0.15, 0.2) is 0 Å². The molecule has 0 aliphatic rings. The summed E-state index contributed by atoms with van der Waals surface area (Å²) in [6.45, 7) is 4.23. The molecule has 20 heavy (non-hydrogen) atoms. The SMILES string of the molecule is CCc1[nH]c(=O)c(C(=O)N(C)Cc2cnc[nH]2)cc1C. The van der Waals surface area contributed by atoms with Crippen LogP contribution in [0.25, 0.3) is 0 Å². The number of amides is 1. The first-order valence-corrected chi connectivity index (χ1v) is 6.48. The fourth-order valence-corrected chi connectivity index (χ4v) is 2.10. The van der Waals surface area contributed by atoms with E-state index in [1.165, 1.54) is 4.90 Å². The molecule has 0 saturated carbocycles. The van der Waals surface area contributed by atoms with Crippen LogP contribution >= 0.6 is 0 Å². The number of hydrogen-bond acceptors (Lipinski definition) is 3. The maximum Gasteiger partial charge on any atom is 0.261 e. The molecular formula is C14H18N4O2. The van der Waals surface area contributed by atoms with Crippen LogP contribution in [0.3, 0.4) is 0 Å². The number of pyridine rings is 1. The van der Waals surface area contributed by atoms with Crippen molar-refractivity contribution in [1.82, 2.24) is 19.9 Å². The average molecular weight is 274 g/mol. The van der Waals surface area contributed by atoms with Gasteiger partial charge in [0, 0.05) is 18.9 Å². The van der Waals surface area contributed by atoms with E-state index in [4.69, 9.17) is 0 Å². The van der Waals surface area contributed by atoms with Gasteiger partial charge in [-0.15, -0.1) is 0 Å². The monoisotopic (exact) mass is 274 g/mol. The van der Waals surface area contributed by atoms with Crippen LogP contribution in [0.5, 0.6) is 0 Å². The van der Waals surface area contributed by atoms with E-state index in [-0.39, 0.29) is 17.0 Å². The highest BCUT2D eigenvalue weighted by molar-refractivity contribution is 5.93. The summed E-state index contributed by atoms with van der Waals surface area (Å²) < 4.78 is 0. The number of nitrogens with one attached hydrogen (secondary N) is 2. The van der Waals surface area contributed by atoms with E-state index in [0.717, 1.165) is 23.4 Å². The van der Waals surface area contributed by atoms with E-state index < -0.39 is 0 Å². The summed E-state index contributed by atoms with van der Waals surface area (Å²) in [5, 5.41) is 0. The first-order chi connectivity index (χ1) is 9.52. The largest absolute Gasteiger partial charge is 0.347 e. The molecule has 0 bridgehead atoms. The maximum absolute atomic E-state index is 12.3. The lowest BCUT2D eigenvalue weighted by molar-refractivity contribution is 0.0781. The van der Waals surface area contributed by atoms with E-state index in [1.54, 1.807) is 25.6 Å². The molecule has 0 unspecified atom stereocenters. The van der Waals surface area contributed by atoms with Crippen LogP contribution in [0.1, 0.15) is 34.2 Å². The molecule has 0 fully saturated rings. The molecule has 1 amide bonds. The molecule has 2 aromatic heterocycles. The van der Waals surface area contributed by atoms with Gasteiger partial charge < -0.3 is 14.9 Å². The van der Waals surface area contributed by atoms with Gasteiger partial charge in [-0.3, -0.25) is 9.59 Å². The van der Waals surface area contributed by atoms with E-state index in [1.807, 2.05) is 13.8 Å². The number of hydrogen-bond donors (Lipinski definition) is 2. The predicted molar refractivity (Wildman–Crippen MR) is 75.6 cm³/mol. The Balaban J connectivity index is 2.25. The summed E-state index contributed by atoms with van der Waals surface area (Å²) in [7, 11) is 1.66. The smallest absolute Gasteiger partial charge is 0.261 e. The van der Waals surface area contributed by atoms with Gasteiger partial charge >= 0.3 is 0 Å². The number of aromatic nitrogens is 3. The molecular weight excluding hydrogens is 256 g/mol. The highest BCUT2D eigenvalue weighted by atomic mass is 16.2. The Kier molecular flexibility index (Phi) is 4.02. The van der Waals surface area contributed by atoms with Crippen LogP contribution in [-0.4, -0.2) is 32.8 Å². The normalized spacial score (nSPS) is 10.6. The van der Waals surface area contributed by atoms with Crippen molar-refractivity contribution in [3.8, 4) is 0 Å². The summed E-state index contributed by atoms with van der Waals surface area (Å²) in [5.41, 5.74) is 2.43. The van der Waals surface area contributed by atoms with E-state index >= 15 is 0 Å². The molecule has 0 aromatic carbocycles. The zero-order valence-corrected chi connectivity index (χ0v) is 11.9. The van der Waals surface area contributed by atoms with Crippen molar-refractivity contribution in [2.45, 2.75) is 26.8 Å². The molecule has 6 heteroatoms. The second-order valence-corrected chi connectivity index (χ2v) is 4.77. The zero-order chi connectivity index (χ0) is 14.7. The van der Waals surface area contributed by atoms with Crippen LogP contribution in [0, 0.1) is 6.92 Å². The molecule has 0 aliphatic heterocycles. The third-order valence-corrected chi connectivity index (χ3v) is 3.24. The van der Waals surface area contributed by atoms with Gasteiger partial charge in [-0.05, 0) is 25.0 Å². The quantitative estimate of drug-likeness (QED) is 0.880. The lowest BCUT2D eigenvalue weighted by Gasteiger charge is -2.16.